The number of halogens is 1. The molecule has 0 bridgehead atoms. The lowest BCUT2D eigenvalue weighted by atomic mass is 10.2. The Bertz CT molecular complexity index is 531. The van der Waals surface area contributed by atoms with E-state index in [1.807, 2.05) is 38.1 Å². The fourth-order valence-corrected chi connectivity index (χ4v) is 2.39. The number of aryl methyl sites for hydroxylation is 1. The van der Waals surface area contributed by atoms with Crippen LogP contribution in [0.25, 0.3) is 10.6 Å². The summed E-state index contributed by atoms with van der Waals surface area (Å²) in [6.45, 7) is 3.83. The molecule has 0 spiro atoms. The Morgan fingerprint density at radius 3 is 2.71 bits per heavy atom. The largest absolute Gasteiger partial charge is 0.267 e. The van der Waals surface area contributed by atoms with E-state index in [2.05, 4.69) is 15.5 Å². The molecule has 0 aliphatic heterocycles. The van der Waals surface area contributed by atoms with Crippen molar-refractivity contribution < 1.29 is 0 Å². The standard InChI is InChI=1S/C12H12ClN3S/c1-3-14-16-11-8(2)15-12(17-11)9-4-6-10(13)7-5-9/h3-7,16H,1-2H3. The number of nitrogens with zero attached hydrogens (tertiary/aromatic N) is 2. The smallest absolute Gasteiger partial charge is 0.132 e. The van der Waals surface area contributed by atoms with E-state index in [4.69, 9.17) is 11.6 Å². The van der Waals surface area contributed by atoms with Crippen molar-refractivity contribution in [3.63, 3.8) is 0 Å². The first kappa shape index (κ1) is 12.1. The van der Waals surface area contributed by atoms with Crippen molar-refractivity contribution in [3.05, 3.63) is 35.0 Å². The first-order valence-corrected chi connectivity index (χ1v) is 6.37. The fourth-order valence-electron chi connectivity index (χ4n) is 1.34. The SMILES string of the molecule is CC=NNc1sc(-c2ccc(Cl)cc2)nc1C. The maximum absolute atomic E-state index is 5.86. The maximum atomic E-state index is 5.86. The molecule has 88 valence electrons. The Balaban J connectivity index is 2.30. The van der Waals surface area contributed by atoms with Crippen LogP contribution >= 0.6 is 22.9 Å². The molecule has 1 aromatic heterocycles. The van der Waals surface area contributed by atoms with Crippen LogP contribution in [0.15, 0.2) is 29.4 Å². The molecule has 1 N–H and O–H groups in total. The molecule has 1 heterocycles. The third-order valence-corrected chi connectivity index (χ3v) is 3.55. The molecule has 0 radical (unpaired) electrons. The molecular formula is C12H12ClN3S. The number of hydrazone groups is 1. The zero-order valence-electron chi connectivity index (χ0n) is 9.57. The van der Waals surface area contributed by atoms with Gasteiger partial charge in [0, 0.05) is 16.8 Å². The second-order valence-electron chi connectivity index (χ2n) is 3.44. The van der Waals surface area contributed by atoms with Gasteiger partial charge in [0.05, 0.1) is 5.69 Å². The van der Waals surface area contributed by atoms with Crippen LogP contribution in [0.1, 0.15) is 12.6 Å². The summed E-state index contributed by atoms with van der Waals surface area (Å²) < 4.78 is 0. The van der Waals surface area contributed by atoms with Gasteiger partial charge in [-0.3, -0.25) is 5.43 Å². The summed E-state index contributed by atoms with van der Waals surface area (Å²) in [6.07, 6.45) is 1.71. The highest BCUT2D eigenvalue weighted by atomic mass is 35.5. The van der Waals surface area contributed by atoms with E-state index in [1.54, 1.807) is 17.6 Å². The third kappa shape index (κ3) is 2.84. The number of aromatic nitrogens is 1. The first-order valence-electron chi connectivity index (χ1n) is 5.17. The van der Waals surface area contributed by atoms with Gasteiger partial charge >= 0.3 is 0 Å². The molecule has 1 aromatic carbocycles. The van der Waals surface area contributed by atoms with E-state index in [1.165, 1.54) is 0 Å². The molecule has 5 heteroatoms. The number of rotatable bonds is 3. The lowest BCUT2D eigenvalue weighted by molar-refractivity contribution is 1.24. The zero-order valence-corrected chi connectivity index (χ0v) is 11.1. The number of anilines is 1. The molecule has 0 fully saturated rings. The normalized spacial score (nSPS) is 11.0. The number of hydrogen-bond donors (Lipinski definition) is 1. The van der Waals surface area contributed by atoms with Crippen molar-refractivity contribution in [1.82, 2.24) is 4.98 Å². The lowest BCUT2D eigenvalue weighted by Gasteiger charge is -1.95. The molecule has 0 aliphatic carbocycles. The van der Waals surface area contributed by atoms with Crippen LogP contribution in [0.2, 0.25) is 5.02 Å². The summed E-state index contributed by atoms with van der Waals surface area (Å²) in [4.78, 5) is 4.50. The molecule has 2 aromatic rings. The summed E-state index contributed by atoms with van der Waals surface area (Å²) in [6, 6.07) is 7.66. The molecule has 3 nitrogen and oxygen atoms in total. The minimum Gasteiger partial charge on any atom is -0.267 e. The molecule has 17 heavy (non-hydrogen) atoms. The molecule has 0 atom stereocenters. The molecule has 0 amide bonds. The molecular weight excluding hydrogens is 254 g/mol. The van der Waals surface area contributed by atoms with Crippen LogP contribution in [0.3, 0.4) is 0 Å². The summed E-state index contributed by atoms with van der Waals surface area (Å²) in [5.74, 6) is 0. The average molecular weight is 266 g/mol. The van der Waals surface area contributed by atoms with Crippen LogP contribution in [0.4, 0.5) is 5.00 Å². The van der Waals surface area contributed by atoms with Gasteiger partial charge in [-0.15, -0.1) is 0 Å². The Kier molecular flexibility index (Phi) is 3.76. The summed E-state index contributed by atoms with van der Waals surface area (Å²) in [7, 11) is 0. The van der Waals surface area contributed by atoms with E-state index in [0.29, 0.717) is 0 Å². The Morgan fingerprint density at radius 2 is 2.06 bits per heavy atom. The van der Waals surface area contributed by atoms with E-state index in [-0.39, 0.29) is 0 Å². The van der Waals surface area contributed by atoms with Crippen LogP contribution in [-0.2, 0) is 0 Å². The van der Waals surface area contributed by atoms with Gasteiger partial charge in [-0.25, -0.2) is 4.98 Å². The summed E-state index contributed by atoms with van der Waals surface area (Å²) in [5, 5.41) is 6.66. The highest BCUT2D eigenvalue weighted by Crippen LogP contribution is 2.32. The van der Waals surface area contributed by atoms with E-state index < -0.39 is 0 Å². The van der Waals surface area contributed by atoms with Gasteiger partial charge in [-0.2, -0.15) is 5.10 Å². The predicted molar refractivity (Wildman–Crippen MR) is 75.1 cm³/mol. The molecule has 0 aliphatic rings. The number of thiazole rings is 1. The van der Waals surface area contributed by atoms with Gasteiger partial charge in [0.25, 0.3) is 0 Å². The van der Waals surface area contributed by atoms with E-state index in [9.17, 15) is 0 Å². The second kappa shape index (κ2) is 5.29. The van der Waals surface area contributed by atoms with Crippen molar-refractivity contribution in [3.8, 4) is 10.6 Å². The van der Waals surface area contributed by atoms with Crippen molar-refractivity contribution in [2.75, 3.05) is 5.43 Å². The van der Waals surface area contributed by atoms with Gasteiger partial charge in [0.2, 0.25) is 0 Å². The van der Waals surface area contributed by atoms with Gasteiger partial charge in [0.15, 0.2) is 0 Å². The van der Waals surface area contributed by atoms with Crippen LogP contribution < -0.4 is 5.43 Å². The summed E-state index contributed by atoms with van der Waals surface area (Å²) >= 11 is 7.43. The number of benzene rings is 1. The minimum absolute atomic E-state index is 0.732. The van der Waals surface area contributed by atoms with Crippen molar-refractivity contribution >= 4 is 34.2 Å². The topological polar surface area (TPSA) is 37.3 Å². The van der Waals surface area contributed by atoms with Crippen molar-refractivity contribution in [2.24, 2.45) is 5.10 Å². The average Bonchev–Trinajstić information content (AvgIpc) is 2.69. The van der Waals surface area contributed by atoms with Crippen LogP contribution in [-0.4, -0.2) is 11.2 Å². The zero-order chi connectivity index (χ0) is 12.3. The van der Waals surface area contributed by atoms with Gasteiger partial charge in [-0.1, -0.05) is 35.1 Å². The second-order valence-corrected chi connectivity index (χ2v) is 4.88. The van der Waals surface area contributed by atoms with E-state index in [0.717, 1.165) is 26.3 Å². The predicted octanol–water partition coefficient (Wildman–Crippen LogP) is 4.19. The number of hydrogen-bond acceptors (Lipinski definition) is 4. The van der Waals surface area contributed by atoms with Crippen LogP contribution in [0, 0.1) is 6.92 Å². The highest BCUT2D eigenvalue weighted by Gasteiger charge is 2.08. The maximum Gasteiger partial charge on any atom is 0.132 e. The van der Waals surface area contributed by atoms with Gasteiger partial charge < -0.3 is 0 Å². The van der Waals surface area contributed by atoms with Gasteiger partial charge in [0.1, 0.15) is 10.0 Å². The fraction of sp³-hybridized carbons (Fsp3) is 0.167. The lowest BCUT2D eigenvalue weighted by Crippen LogP contribution is -1.86. The summed E-state index contributed by atoms with van der Waals surface area (Å²) in [5.41, 5.74) is 4.98. The molecule has 2 rings (SSSR count). The molecule has 0 unspecified atom stereocenters. The van der Waals surface area contributed by atoms with Crippen molar-refractivity contribution in [2.45, 2.75) is 13.8 Å². The first-order chi connectivity index (χ1) is 8.20. The van der Waals surface area contributed by atoms with Crippen molar-refractivity contribution in [1.29, 1.82) is 0 Å². The van der Waals surface area contributed by atoms with Gasteiger partial charge in [-0.05, 0) is 26.0 Å². The monoisotopic (exact) mass is 265 g/mol. The minimum atomic E-state index is 0.732. The Hall–Kier alpha value is -1.39. The molecule has 0 saturated carbocycles. The number of nitrogens with one attached hydrogen (secondary N) is 1. The Morgan fingerprint density at radius 1 is 1.35 bits per heavy atom. The Labute approximate surface area is 109 Å². The quantitative estimate of drug-likeness (QED) is 0.667. The molecule has 0 saturated heterocycles. The third-order valence-electron chi connectivity index (χ3n) is 2.18. The van der Waals surface area contributed by atoms with E-state index >= 15 is 0 Å². The van der Waals surface area contributed by atoms with Crippen LogP contribution in [0.5, 0.6) is 0 Å². The highest BCUT2D eigenvalue weighted by molar-refractivity contribution is 7.19.